The second-order valence-corrected chi connectivity index (χ2v) is 3.41. The SMILES string of the molecule is CCOCCCNC(CCN)(OC)OCC. The number of rotatable bonds is 11. The third-order valence-corrected chi connectivity index (χ3v) is 2.24. The van der Waals surface area contributed by atoms with Gasteiger partial charge >= 0.3 is 0 Å². The van der Waals surface area contributed by atoms with Crippen LogP contribution in [0.3, 0.4) is 0 Å². The van der Waals surface area contributed by atoms with Crippen LogP contribution in [-0.2, 0) is 14.2 Å². The highest BCUT2D eigenvalue weighted by Gasteiger charge is 2.28. The van der Waals surface area contributed by atoms with Crippen molar-refractivity contribution in [2.45, 2.75) is 32.6 Å². The van der Waals surface area contributed by atoms with Crippen molar-refractivity contribution in [1.29, 1.82) is 0 Å². The second-order valence-electron chi connectivity index (χ2n) is 3.41. The van der Waals surface area contributed by atoms with Crippen LogP contribution >= 0.6 is 0 Å². The lowest BCUT2D eigenvalue weighted by Crippen LogP contribution is -2.51. The number of ether oxygens (including phenoxy) is 3. The van der Waals surface area contributed by atoms with E-state index in [1.165, 1.54) is 0 Å². The van der Waals surface area contributed by atoms with Crippen LogP contribution in [0.1, 0.15) is 26.7 Å². The fraction of sp³-hybridized carbons (Fsp3) is 1.00. The molecule has 1 unspecified atom stereocenters. The maximum Gasteiger partial charge on any atom is 0.228 e. The molecule has 5 nitrogen and oxygen atoms in total. The number of methoxy groups -OCH3 is 1. The molecule has 1 atom stereocenters. The summed E-state index contributed by atoms with van der Waals surface area (Å²) in [4.78, 5) is 0. The standard InChI is InChI=1S/C11H26N2O3/c1-4-15-10-6-9-13-11(14-3,7-8-12)16-5-2/h13H,4-10,12H2,1-3H3. The van der Waals surface area contributed by atoms with Crippen LogP contribution in [0.5, 0.6) is 0 Å². The van der Waals surface area contributed by atoms with Crippen molar-refractivity contribution in [1.82, 2.24) is 5.32 Å². The van der Waals surface area contributed by atoms with Crippen LogP contribution in [0.2, 0.25) is 0 Å². The van der Waals surface area contributed by atoms with E-state index in [9.17, 15) is 0 Å². The van der Waals surface area contributed by atoms with Gasteiger partial charge in [-0.1, -0.05) is 0 Å². The summed E-state index contributed by atoms with van der Waals surface area (Å²) in [7, 11) is 1.63. The summed E-state index contributed by atoms with van der Waals surface area (Å²) in [6, 6.07) is 0. The van der Waals surface area contributed by atoms with Crippen LogP contribution in [0, 0.1) is 0 Å². The van der Waals surface area contributed by atoms with Crippen molar-refractivity contribution >= 4 is 0 Å². The summed E-state index contributed by atoms with van der Waals surface area (Å²) in [5.41, 5.74) is 5.55. The third-order valence-electron chi connectivity index (χ3n) is 2.24. The number of hydrogen-bond acceptors (Lipinski definition) is 5. The van der Waals surface area contributed by atoms with Crippen molar-refractivity contribution in [2.24, 2.45) is 5.73 Å². The van der Waals surface area contributed by atoms with E-state index in [-0.39, 0.29) is 0 Å². The van der Waals surface area contributed by atoms with Gasteiger partial charge in [-0.15, -0.1) is 0 Å². The highest BCUT2D eigenvalue weighted by Crippen LogP contribution is 2.12. The summed E-state index contributed by atoms with van der Waals surface area (Å²) in [6.45, 7) is 7.32. The average Bonchev–Trinajstić information content (AvgIpc) is 2.29. The summed E-state index contributed by atoms with van der Waals surface area (Å²) >= 11 is 0. The Morgan fingerprint density at radius 1 is 1.25 bits per heavy atom. The molecule has 0 aromatic carbocycles. The van der Waals surface area contributed by atoms with Crippen LogP contribution in [-0.4, -0.2) is 45.9 Å². The van der Waals surface area contributed by atoms with Crippen LogP contribution in [0.4, 0.5) is 0 Å². The summed E-state index contributed by atoms with van der Waals surface area (Å²) in [5, 5.41) is 3.24. The lowest BCUT2D eigenvalue weighted by molar-refractivity contribution is -0.243. The van der Waals surface area contributed by atoms with E-state index < -0.39 is 5.91 Å². The Bertz CT molecular complexity index is 150. The molecule has 0 aromatic heterocycles. The first-order valence-corrected chi connectivity index (χ1v) is 5.96. The molecule has 0 spiro atoms. The van der Waals surface area contributed by atoms with E-state index in [1.54, 1.807) is 7.11 Å². The van der Waals surface area contributed by atoms with Crippen molar-refractivity contribution in [2.75, 3.05) is 40.0 Å². The molecule has 0 radical (unpaired) electrons. The zero-order chi connectivity index (χ0) is 12.3. The summed E-state index contributed by atoms with van der Waals surface area (Å²) in [5.74, 6) is -0.740. The lowest BCUT2D eigenvalue weighted by atomic mass is 10.3. The number of nitrogens with one attached hydrogen (secondary N) is 1. The minimum atomic E-state index is -0.740. The molecule has 5 heteroatoms. The molecule has 0 fully saturated rings. The van der Waals surface area contributed by atoms with Crippen molar-refractivity contribution < 1.29 is 14.2 Å². The zero-order valence-corrected chi connectivity index (χ0v) is 10.8. The first-order valence-electron chi connectivity index (χ1n) is 5.96. The Morgan fingerprint density at radius 3 is 2.50 bits per heavy atom. The molecule has 0 amide bonds. The van der Waals surface area contributed by atoms with Gasteiger partial charge in [-0.25, -0.2) is 0 Å². The lowest BCUT2D eigenvalue weighted by Gasteiger charge is -2.32. The highest BCUT2D eigenvalue weighted by molar-refractivity contribution is 4.67. The van der Waals surface area contributed by atoms with Crippen LogP contribution in [0.25, 0.3) is 0 Å². The average molecular weight is 234 g/mol. The number of hydrogen-bond donors (Lipinski definition) is 2. The molecule has 0 heterocycles. The summed E-state index contributed by atoms with van der Waals surface area (Å²) < 4.78 is 16.2. The Labute approximate surface area is 98.6 Å². The van der Waals surface area contributed by atoms with Gasteiger partial charge in [0.2, 0.25) is 5.91 Å². The van der Waals surface area contributed by atoms with Crippen molar-refractivity contribution in [3.8, 4) is 0 Å². The van der Waals surface area contributed by atoms with Gasteiger partial charge in [-0.2, -0.15) is 0 Å². The topological polar surface area (TPSA) is 65.7 Å². The molecule has 98 valence electrons. The van der Waals surface area contributed by atoms with Gasteiger partial charge in [-0.05, 0) is 26.8 Å². The molecular formula is C11H26N2O3. The Morgan fingerprint density at radius 2 is 2.00 bits per heavy atom. The van der Waals surface area contributed by atoms with Gasteiger partial charge in [0.05, 0.1) is 0 Å². The van der Waals surface area contributed by atoms with Gasteiger partial charge in [0.15, 0.2) is 0 Å². The van der Waals surface area contributed by atoms with Gasteiger partial charge < -0.3 is 19.9 Å². The maximum absolute atomic E-state index is 5.57. The Hall–Kier alpha value is -0.200. The van der Waals surface area contributed by atoms with E-state index >= 15 is 0 Å². The monoisotopic (exact) mass is 234 g/mol. The van der Waals surface area contributed by atoms with Crippen LogP contribution in [0.15, 0.2) is 0 Å². The van der Waals surface area contributed by atoms with Gasteiger partial charge in [-0.3, -0.25) is 5.32 Å². The predicted octanol–water partition coefficient (Wildman–Crippen LogP) is 0.688. The highest BCUT2D eigenvalue weighted by atomic mass is 16.7. The second kappa shape index (κ2) is 9.99. The van der Waals surface area contributed by atoms with Crippen molar-refractivity contribution in [3.63, 3.8) is 0 Å². The zero-order valence-electron chi connectivity index (χ0n) is 10.8. The van der Waals surface area contributed by atoms with Gasteiger partial charge in [0.25, 0.3) is 0 Å². The van der Waals surface area contributed by atoms with E-state index in [0.717, 1.165) is 26.2 Å². The molecule has 0 rings (SSSR count). The predicted molar refractivity (Wildman–Crippen MR) is 64.2 cm³/mol. The molecule has 0 aliphatic carbocycles. The van der Waals surface area contributed by atoms with E-state index in [1.807, 2.05) is 13.8 Å². The third kappa shape index (κ3) is 6.40. The molecule has 16 heavy (non-hydrogen) atoms. The first kappa shape index (κ1) is 15.8. The van der Waals surface area contributed by atoms with E-state index in [4.69, 9.17) is 19.9 Å². The van der Waals surface area contributed by atoms with Crippen LogP contribution < -0.4 is 11.1 Å². The number of nitrogens with two attached hydrogens (primary N) is 1. The Kier molecular flexibility index (Phi) is 9.86. The van der Waals surface area contributed by atoms with Crippen molar-refractivity contribution in [3.05, 3.63) is 0 Å². The molecule has 0 bridgehead atoms. The van der Waals surface area contributed by atoms with Gasteiger partial charge in [0.1, 0.15) is 0 Å². The molecule has 3 N–H and O–H groups in total. The molecule has 0 aliphatic heterocycles. The maximum atomic E-state index is 5.57. The molecule has 0 aliphatic rings. The fourth-order valence-corrected chi connectivity index (χ4v) is 1.47. The molecule has 0 aromatic rings. The summed E-state index contributed by atoms with van der Waals surface area (Å²) in [6.07, 6.45) is 1.56. The molecular weight excluding hydrogens is 208 g/mol. The fourth-order valence-electron chi connectivity index (χ4n) is 1.47. The van der Waals surface area contributed by atoms with E-state index in [0.29, 0.717) is 19.6 Å². The largest absolute Gasteiger partial charge is 0.382 e. The Balaban J connectivity index is 3.89. The minimum Gasteiger partial charge on any atom is -0.382 e. The smallest absolute Gasteiger partial charge is 0.228 e. The van der Waals surface area contributed by atoms with E-state index in [2.05, 4.69) is 5.32 Å². The molecule has 0 saturated carbocycles. The quantitative estimate of drug-likeness (QED) is 0.407. The normalized spacial score (nSPS) is 15.0. The minimum absolute atomic E-state index is 0.520. The first-order chi connectivity index (χ1) is 7.74. The van der Waals surface area contributed by atoms with Gasteiger partial charge in [0, 0.05) is 39.9 Å². The molecule has 0 saturated heterocycles.